The highest BCUT2D eigenvalue weighted by Gasteiger charge is 2.15. The number of rotatable bonds is 4. The van der Waals surface area contributed by atoms with Crippen molar-refractivity contribution in [1.82, 2.24) is 14.5 Å². The molecule has 3 aromatic rings. The molecule has 0 aliphatic carbocycles. The summed E-state index contributed by atoms with van der Waals surface area (Å²) in [5.41, 5.74) is 2.18. The number of hydrogen-bond acceptors (Lipinski definition) is 4. The van der Waals surface area contributed by atoms with Crippen LogP contribution in [0.3, 0.4) is 0 Å². The lowest BCUT2D eigenvalue weighted by atomic mass is 10.3. The van der Waals surface area contributed by atoms with Gasteiger partial charge in [0.1, 0.15) is 17.3 Å². The Morgan fingerprint density at radius 1 is 1.35 bits per heavy atom. The van der Waals surface area contributed by atoms with Crippen molar-refractivity contribution in [3.63, 3.8) is 0 Å². The van der Waals surface area contributed by atoms with Crippen LogP contribution in [0, 0.1) is 13.8 Å². The molecule has 0 bridgehead atoms. The van der Waals surface area contributed by atoms with E-state index in [1.165, 1.54) is 5.56 Å². The summed E-state index contributed by atoms with van der Waals surface area (Å²) in [6, 6.07) is 2.09. The second-order valence-electron chi connectivity index (χ2n) is 4.78. The summed E-state index contributed by atoms with van der Waals surface area (Å²) in [5.74, 6) is 2.67. The third kappa shape index (κ3) is 2.29. The molecule has 0 amide bonds. The second kappa shape index (κ2) is 5.25. The van der Waals surface area contributed by atoms with E-state index in [2.05, 4.69) is 39.8 Å². The summed E-state index contributed by atoms with van der Waals surface area (Å²) < 4.78 is 7.95. The third-order valence-corrected chi connectivity index (χ3v) is 4.39. The number of imidazole rings is 1. The largest absolute Gasteiger partial charge is 0.440 e. The molecule has 0 radical (unpaired) electrons. The number of oxazole rings is 1. The highest BCUT2D eigenvalue weighted by atomic mass is 32.1. The molecule has 0 fully saturated rings. The molecule has 0 saturated heterocycles. The number of hydrogen-bond donors (Lipinski definition) is 0. The molecular weight excluding hydrogens is 270 g/mol. The van der Waals surface area contributed by atoms with Gasteiger partial charge in [-0.15, -0.1) is 11.3 Å². The number of aryl methyl sites for hydroxylation is 3. The molecule has 3 aromatic heterocycles. The maximum absolute atomic E-state index is 5.83. The lowest BCUT2D eigenvalue weighted by Gasteiger charge is -2.03. The van der Waals surface area contributed by atoms with E-state index < -0.39 is 0 Å². The Kier molecular flexibility index (Phi) is 3.44. The maximum atomic E-state index is 5.83. The van der Waals surface area contributed by atoms with E-state index in [1.54, 1.807) is 11.3 Å². The van der Waals surface area contributed by atoms with Gasteiger partial charge >= 0.3 is 0 Å². The zero-order valence-electron chi connectivity index (χ0n) is 11.9. The van der Waals surface area contributed by atoms with Crippen molar-refractivity contribution in [2.75, 3.05) is 0 Å². The average molecular weight is 287 g/mol. The molecule has 0 saturated carbocycles. The van der Waals surface area contributed by atoms with Crippen LogP contribution < -0.4 is 0 Å². The van der Waals surface area contributed by atoms with Crippen LogP contribution in [0.4, 0.5) is 0 Å². The summed E-state index contributed by atoms with van der Waals surface area (Å²) in [4.78, 5) is 10.1. The molecule has 3 heterocycles. The molecule has 0 aromatic carbocycles. The smallest absolute Gasteiger partial charge is 0.237 e. The Bertz CT molecular complexity index is 723. The highest BCUT2D eigenvalue weighted by molar-refractivity contribution is 7.13. The summed E-state index contributed by atoms with van der Waals surface area (Å²) in [6.07, 6.45) is 4.74. The quantitative estimate of drug-likeness (QED) is 0.732. The monoisotopic (exact) mass is 287 g/mol. The minimum absolute atomic E-state index is 0.711. The number of aromatic nitrogens is 3. The van der Waals surface area contributed by atoms with Gasteiger partial charge in [-0.05, 0) is 30.9 Å². The summed E-state index contributed by atoms with van der Waals surface area (Å²) in [5, 5.41) is 2.06. The minimum atomic E-state index is 0.711. The van der Waals surface area contributed by atoms with Crippen molar-refractivity contribution in [3.8, 4) is 10.8 Å². The van der Waals surface area contributed by atoms with Gasteiger partial charge in [0.2, 0.25) is 5.89 Å². The molecule has 3 rings (SSSR count). The fourth-order valence-corrected chi connectivity index (χ4v) is 3.07. The van der Waals surface area contributed by atoms with Crippen LogP contribution in [0.2, 0.25) is 0 Å². The molecule has 0 unspecified atom stereocenters. The van der Waals surface area contributed by atoms with Crippen molar-refractivity contribution in [3.05, 3.63) is 46.7 Å². The van der Waals surface area contributed by atoms with Gasteiger partial charge in [0.15, 0.2) is 0 Å². The molecule has 0 N–H and O–H groups in total. The Morgan fingerprint density at radius 2 is 2.20 bits per heavy atom. The average Bonchev–Trinajstić information content (AvgIpc) is 3.12. The van der Waals surface area contributed by atoms with Crippen LogP contribution in [0.25, 0.3) is 10.8 Å². The van der Waals surface area contributed by atoms with Gasteiger partial charge in [-0.25, -0.2) is 9.97 Å². The normalized spacial score (nSPS) is 11.2. The van der Waals surface area contributed by atoms with Gasteiger partial charge < -0.3 is 8.98 Å². The van der Waals surface area contributed by atoms with E-state index in [0.29, 0.717) is 6.54 Å². The van der Waals surface area contributed by atoms with Gasteiger partial charge in [-0.3, -0.25) is 0 Å². The first-order valence-electron chi connectivity index (χ1n) is 6.69. The van der Waals surface area contributed by atoms with E-state index in [-0.39, 0.29) is 0 Å². The van der Waals surface area contributed by atoms with Crippen LogP contribution in [-0.2, 0) is 13.0 Å². The number of thiophene rings is 1. The standard InChI is InChI=1S/C15H17N3OS/c1-4-13-16-6-7-18(13)9-12-11(3)19-15(17-12)14-10(2)5-8-20-14/h5-8H,4,9H2,1-3H3. The molecule has 0 aliphatic rings. The number of nitrogens with zero attached hydrogens (tertiary/aromatic N) is 3. The third-order valence-electron chi connectivity index (χ3n) is 3.39. The summed E-state index contributed by atoms with van der Waals surface area (Å²) in [6.45, 7) is 6.87. The zero-order valence-corrected chi connectivity index (χ0v) is 12.7. The zero-order chi connectivity index (χ0) is 14.1. The van der Waals surface area contributed by atoms with E-state index >= 15 is 0 Å². The lowest BCUT2D eigenvalue weighted by molar-refractivity contribution is 0.538. The Labute approximate surface area is 122 Å². The van der Waals surface area contributed by atoms with Crippen LogP contribution in [0.1, 0.15) is 29.8 Å². The highest BCUT2D eigenvalue weighted by Crippen LogP contribution is 2.30. The minimum Gasteiger partial charge on any atom is -0.440 e. The molecule has 0 spiro atoms. The molecule has 4 nitrogen and oxygen atoms in total. The van der Waals surface area contributed by atoms with Gasteiger partial charge in [-0.1, -0.05) is 6.92 Å². The first kappa shape index (κ1) is 13.1. The van der Waals surface area contributed by atoms with E-state index in [1.807, 2.05) is 19.3 Å². The van der Waals surface area contributed by atoms with Crippen LogP contribution in [-0.4, -0.2) is 14.5 Å². The van der Waals surface area contributed by atoms with Crippen molar-refractivity contribution >= 4 is 11.3 Å². The second-order valence-corrected chi connectivity index (χ2v) is 5.70. The fourth-order valence-electron chi connectivity index (χ4n) is 2.22. The Hall–Kier alpha value is -1.88. The molecule has 0 atom stereocenters. The van der Waals surface area contributed by atoms with Crippen molar-refractivity contribution < 1.29 is 4.42 Å². The van der Waals surface area contributed by atoms with E-state index in [4.69, 9.17) is 4.42 Å². The van der Waals surface area contributed by atoms with Crippen molar-refractivity contribution in [2.45, 2.75) is 33.7 Å². The molecule has 5 heteroatoms. The molecule has 0 aliphatic heterocycles. The predicted octanol–water partition coefficient (Wildman–Crippen LogP) is 3.83. The fraction of sp³-hybridized carbons (Fsp3) is 0.333. The Balaban J connectivity index is 1.92. The molecular formula is C15H17N3OS. The van der Waals surface area contributed by atoms with E-state index in [0.717, 1.165) is 34.5 Å². The maximum Gasteiger partial charge on any atom is 0.237 e. The first-order chi connectivity index (χ1) is 9.69. The van der Waals surface area contributed by atoms with Gasteiger partial charge in [0.25, 0.3) is 0 Å². The van der Waals surface area contributed by atoms with Crippen LogP contribution >= 0.6 is 11.3 Å². The van der Waals surface area contributed by atoms with Gasteiger partial charge in [0, 0.05) is 18.8 Å². The topological polar surface area (TPSA) is 43.9 Å². The molecule has 20 heavy (non-hydrogen) atoms. The van der Waals surface area contributed by atoms with Crippen molar-refractivity contribution in [2.24, 2.45) is 0 Å². The van der Waals surface area contributed by atoms with Crippen LogP contribution in [0.15, 0.2) is 28.3 Å². The van der Waals surface area contributed by atoms with Gasteiger partial charge in [0.05, 0.1) is 11.4 Å². The summed E-state index contributed by atoms with van der Waals surface area (Å²) >= 11 is 1.66. The SMILES string of the molecule is CCc1nccn1Cc1nc(-c2sccc2C)oc1C. The summed E-state index contributed by atoms with van der Waals surface area (Å²) in [7, 11) is 0. The van der Waals surface area contributed by atoms with Crippen LogP contribution in [0.5, 0.6) is 0 Å². The molecule has 104 valence electrons. The van der Waals surface area contributed by atoms with Gasteiger partial charge in [-0.2, -0.15) is 0 Å². The van der Waals surface area contributed by atoms with Crippen molar-refractivity contribution in [1.29, 1.82) is 0 Å². The Morgan fingerprint density at radius 3 is 2.90 bits per heavy atom. The lowest BCUT2D eigenvalue weighted by Crippen LogP contribution is -2.04. The van der Waals surface area contributed by atoms with E-state index in [9.17, 15) is 0 Å². The first-order valence-corrected chi connectivity index (χ1v) is 7.57. The predicted molar refractivity (Wildman–Crippen MR) is 80.0 cm³/mol.